The van der Waals surface area contributed by atoms with Crippen molar-refractivity contribution in [3.63, 3.8) is 0 Å². The number of benzene rings is 1. The topological polar surface area (TPSA) is 51.8 Å². The minimum absolute atomic E-state index is 0.105. The molecule has 1 atom stereocenters. The molecule has 16 heavy (non-hydrogen) atoms. The summed E-state index contributed by atoms with van der Waals surface area (Å²) >= 11 is 0. The van der Waals surface area contributed by atoms with Crippen LogP contribution in [0.25, 0.3) is 11.0 Å². The van der Waals surface area contributed by atoms with E-state index in [1.165, 1.54) is 12.8 Å². The highest BCUT2D eigenvalue weighted by Crippen LogP contribution is 2.37. The maximum absolute atomic E-state index is 6.23. The van der Waals surface area contributed by atoms with E-state index in [0.717, 1.165) is 28.9 Å². The van der Waals surface area contributed by atoms with Gasteiger partial charge in [-0.3, -0.25) is 9.97 Å². The first-order valence-corrected chi connectivity index (χ1v) is 5.80. The van der Waals surface area contributed by atoms with Crippen molar-refractivity contribution in [2.45, 2.75) is 25.3 Å². The van der Waals surface area contributed by atoms with Crippen LogP contribution in [0.4, 0.5) is 0 Å². The molecule has 82 valence electrons. The van der Waals surface area contributed by atoms with E-state index in [1.807, 2.05) is 12.1 Å². The zero-order valence-electron chi connectivity index (χ0n) is 9.13. The summed E-state index contributed by atoms with van der Waals surface area (Å²) in [5.74, 6) is 0.835. The summed E-state index contributed by atoms with van der Waals surface area (Å²) in [6, 6.07) is 6.17. The SMILES string of the molecule is NC(CC1CC1)c1cccc2nccnc12. The lowest BCUT2D eigenvalue weighted by atomic mass is 10.0. The number of nitrogens with zero attached hydrogens (tertiary/aromatic N) is 2. The molecule has 3 heteroatoms. The van der Waals surface area contributed by atoms with Crippen LogP contribution in [0.2, 0.25) is 0 Å². The molecular formula is C13H15N3. The Kier molecular flexibility index (Phi) is 2.33. The third-order valence-electron chi connectivity index (χ3n) is 3.21. The predicted octanol–water partition coefficient (Wildman–Crippen LogP) is 2.43. The van der Waals surface area contributed by atoms with E-state index in [9.17, 15) is 0 Å². The van der Waals surface area contributed by atoms with Crippen molar-refractivity contribution < 1.29 is 0 Å². The van der Waals surface area contributed by atoms with Crippen molar-refractivity contribution in [2.24, 2.45) is 11.7 Å². The van der Waals surface area contributed by atoms with Gasteiger partial charge in [-0.1, -0.05) is 25.0 Å². The molecule has 0 spiro atoms. The molecule has 2 aromatic rings. The second kappa shape index (κ2) is 3.83. The number of para-hydroxylation sites is 1. The lowest BCUT2D eigenvalue weighted by Gasteiger charge is -2.12. The number of nitrogens with two attached hydrogens (primary N) is 1. The van der Waals surface area contributed by atoms with Crippen LogP contribution in [-0.2, 0) is 0 Å². The highest BCUT2D eigenvalue weighted by Gasteiger charge is 2.25. The van der Waals surface area contributed by atoms with Gasteiger partial charge in [0.25, 0.3) is 0 Å². The molecule has 3 nitrogen and oxygen atoms in total. The average molecular weight is 213 g/mol. The Balaban J connectivity index is 2.00. The van der Waals surface area contributed by atoms with E-state index in [-0.39, 0.29) is 6.04 Å². The fourth-order valence-corrected chi connectivity index (χ4v) is 2.15. The summed E-state index contributed by atoms with van der Waals surface area (Å²) in [4.78, 5) is 8.69. The lowest BCUT2D eigenvalue weighted by molar-refractivity contribution is 0.599. The quantitative estimate of drug-likeness (QED) is 0.851. The van der Waals surface area contributed by atoms with E-state index in [4.69, 9.17) is 5.73 Å². The highest BCUT2D eigenvalue weighted by atomic mass is 14.8. The number of hydrogen-bond acceptors (Lipinski definition) is 3. The van der Waals surface area contributed by atoms with Crippen molar-refractivity contribution in [3.05, 3.63) is 36.2 Å². The van der Waals surface area contributed by atoms with Gasteiger partial charge in [-0.05, 0) is 24.0 Å². The first-order valence-electron chi connectivity index (χ1n) is 5.80. The molecule has 1 saturated carbocycles. The van der Waals surface area contributed by atoms with E-state index in [1.54, 1.807) is 12.4 Å². The van der Waals surface area contributed by atoms with E-state index < -0.39 is 0 Å². The minimum atomic E-state index is 0.105. The fraction of sp³-hybridized carbons (Fsp3) is 0.385. The Morgan fingerprint density at radius 3 is 2.88 bits per heavy atom. The summed E-state index contributed by atoms with van der Waals surface area (Å²) in [5.41, 5.74) is 9.26. The van der Waals surface area contributed by atoms with Crippen LogP contribution in [0, 0.1) is 5.92 Å². The van der Waals surface area contributed by atoms with Gasteiger partial charge in [-0.2, -0.15) is 0 Å². The number of fused-ring (bicyclic) bond motifs is 1. The molecule has 0 radical (unpaired) electrons. The van der Waals surface area contributed by atoms with Gasteiger partial charge in [0.2, 0.25) is 0 Å². The van der Waals surface area contributed by atoms with Crippen LogP contribution in [0.3, 0.4) is 0 Å². The standard InChI is InChI=1S/C13H15N3/c14-11(8-9-4-5-9)10-2-1-3-12-13(10)16-7-6-15-12/h1-3,6-7,9,11H,4-5,8,14H2. The smallest absolute Gasteiger partial charge is 0.0934 e. The minimum Gasteiger partial charge on any atom is -0.324 e. The Labute approximate surface area is 94.7 Å². The van der Waals surface area contributed by atoms with E-state index in [2.05, 4.69) is 16.0 Å². The maximum Gasteiger partial charge on any atom is 0.0934 e. The van der Waals surface area contributed by atoms with Crippen molar-refractivity contribution in [3.8, 4) is 0 Å². The van der Waals surface area contributed by atoms with Crippen LogP contribution in [0.15, 0.2) is 30.6 Å². The molecule has 0 aliphatic heterocycles. The molecule has 2 N–H and O–H groups in total. The van der Waals surface area contributed by atoms with E-state index >= 15 is 0 Å². The molecule has 1 aliphatic rings. The molecule has 1 aliphatic carbocycles. The van der Waals surface area contributed by atoms with Gasteiger partial charge >= 0.3 is 0 Å². The Hall–Kier alpha value is -1.48. The summed E-state index contributed by atoms with van der Waals surface area (Å²) in [6.07, 6.45) is 7.21. The molecular weight excluding hydrogens is 198 g/mol. The number of hydrogen-bond donors (Lipinski definition) is 1. The average Bonchev–Trinajstić information content (AvgIpc) is 3.12. The summed E-state index contributed by atoms with van der Waals surface area (Å²) in [5, 5.41) is 0. The summed E-state index contributed by atoms with van der Waals surface area (Å²) in [6.45, 7) is 0. The van der Waals surface area contributed by atoms with Gasteiger partial charge in [0.15, 0.2) is 0 Å². The normalized spacial score (nSPS) is 17.6. The third-order valence-corrected chi connectivity index (χ3v) is 3.21. The van der Waals surface area contributed by atoms with Gasteiger partial charge < -0.3 is 5.73 Å². The molecule has 1 heterocycles. The zero-order valence-corrected chi connectivity index (χ0v) is 9.13. The molecule has 1 aromatic carbocycles. The number of rotatable bonds is 3. The van der Waals surface area contributed by atoms with Gasteiger partial charge in [0.1, 0.15) is 0 Å². The van der Waals surface area contributed by atoms with Gasteiger partial charge in [0, 0.05) is 18.4 Å². The largest absolute Gasteiger partial charge is 0.324 e. The van der Waals surface area contributed by atoms with Gasteiger partial charge in [-0.25, -0.2) is 0 Å². The first kappa shape index (κ1) is 9.73. The van der Waals surface area contributed by atoms with Crippen LogP contribution in [-0.4, -0.2) is 9.97 Å². The molecule has 0 bridgehead atoms. The molecule has 1 fully saturated rings. The monoisotopic (exact) mass is 213 g/mol. The zero-order chi connectivity index (χ0) is 11.0. The summed E-state index contributed by atoms with van der Waals surface area (Å²) in [7, 11) is 0. The molecule has 0 saturated heterocycles. The molecule has 1 unspecified atom stereocenters. The second-order valence-electron chi connectivity index (χ2n) is 4.56. The Morgan fingerprint density at radius 1 is 1.25 bits per heavy atom. The predicted molar refractivity (Wildman–Crippen MR) is 63.8 cm³/mol. The van der Waals surface area contributed by atoms with Crippen LogP contribution >= 0.6 is 0 Å². The summed E-state index contributed by atoms with van der Waals surface area (Å²) < 4.78 is 0. The Bertz CT molecular complexity index is 500. The molecule has 1 aromatic heterocycles. The van der Waals surface area contributed by atoms with Crippen LogP contribution < -0.4 is 5.73 Å². The van der Waals surface area contributed by atoms with Crippen molar-refractivity contribution >= 4 is 11.0 Å². The maximum atomic E-state index is 6.23. The van der Waals surface area contributed by atoms with Gasteiger partial charge in [0.05, 0.1) is 11.0 Å². The molecule has 0 amide bonds. The number of aromatic nitrogens is 2. The first-order chi connectivity index (χ1) is 7.84. The Morgan fingerprint density at radius 2 is 2.06 bits per heavy atom. The van der Waals surface area contributed by atoms with Crippen LogP contribution in [0.1, 0.15) is 30.9 Å². The second-order valence-corrected chi connectivity index (χ2v) is 4.56. The van der Waals surface area contributed by atoms with E-state index in [0.29, 0.717) is 0 Å². The van der Waals surface area contributed by atoms with Crippen molar-refractivity contribution in [2.75, 3.05) is 0 Å². The third kappa shape index (κ3) is 1.78. The molecule has 3 rings (SSSR count). The van der Waals surface area contributed by atoms with Gasteiger partial charge in [-0.15, -0.1) is 0 Å². The van der Waals surface area contributed by atoms with Crippen LogP contribution in [0.5, 0.6) is 0 Å². The highest BCUT2D eigenvalue weighted by molar-refractivity contribution is 5.77. The fourth-order valence-electron chi connectivity index (χ4n) is 2.15. The lowest BCUT2D eigenvalue weighted by Crippen LogP contribution is -2.12. The van der Waals surface area contributed by atoms with Crippen molar-refractivity contribution in [1.29, 1.82) is 0 Å². The van der Waals surface area contributed by atoms with Crippen molar-refractivity contribution in [1.82, 2.24) is 9.97 Å².